The minimum absolute atomic E-state index is 0.0902. The number of aryl methyl sites for hydroxylation is 1. The summed E-state index contributed by atoms with van der Waals surface area (Å²) in [6, 6.07) is 14.4. The molecule has 2 heterocycles. The van der Waals surface area contributed by atoms with Gasteiger partial charge < -0.3 is 9.47 Å². The molecule has 2 aromatic carbocycles. The van der Waals surface area contributed by atoms with Crippen molar-refractivity contribution in [1.82, 2.24) is 4.98 Å². The molecule has 0 N–H and O–H groups in total. The molecule has 0 spiro atoms. The van der Waals surface area contributed by atoms with E-state index in [0.717, 1.165) is 52.7 Å². The van der Waals surface area contributed by atoms with Gasteiger partial charge in [-0.3, -0.25) is 9.69 Å². The highest BCUT2D eigenvalue weighted by Gasteiger charge is 2.26. The minimum Gasteiger partial charge on any atom is -0.497 e. The van der Waals surface area contributed by atoms with Crippen LogP contribution in [0.1, 0.15) is 31.2 Å². The molecule has 1 unspecified atom stereocenters. The molecule has 1 atom stereocenters. The summed E-state index contributed by atoms with van der Waals surface area (Å²) in [4.78, 5) is 21.0. The van der Waals surface area contributed by atoms with Crippen molar-refractivity contribution in [3.63, 3.8) is 0 Å². The van der Waals surface area contributed by atoms with E-state index in [1.165, 1.54) is 10.5 Å². The zero-order valence-electron chi connectivity index (χ0n) is 18.0. The van der Waals surface area contributed by atoms with Gasteiger partial charge in [0.2, 0.25) is 5.91 Å². The molecule has 5 nitrogen and oxygen atoms in total. The second-order valence-electron chi connectivity index (χ2n) is 7.73. The highest BCUT2D eigenvalue weighted by atomic mass is 32.2. The predicted molar refractivity (Wildman–Crippen MR) is 129 cm³/mol. The first-order valence-electron chi connectivity index (χ1n) is 10.7. The molecule has 1 amide bonds. The van der Waals surface area contributed by atoms with Gasteiger partial charge in [-0.05, 0) is 56.2 Å². The van der Waals surface area contributed by atoms with E-state index in [4.69, 9.17) is 14.5 Å². The number of methoxy groups -OCH3 is 1. The average Bonchev–Trinajstić information content (AvgIpc) is 3.45. The highest BCUT2D eigenvalue weighted by Crippen LogP contribution is 2.32. The number of hydrogen-bond acceptors (Lipinski definition) is 6. The van der Waals surface area contributed by atoms with Crippen LogP contribution >= 0.6 is 23.1 Å². The SMILES string of the molecule is COc1ccc2sc(N(CC3CCCO3)C(=O)CCCSc3ccc(C)cc3)nc2c1. The number of thiazole rings is 1. The van der Waals surface area contributed by atoms with Gasteiger partial charge in [0.1, 0.15) is 5.75 Å². The number of benzene rings is 2. The zero-order chi connectivity index (χ0) is 21.6. The number of amides is 1. The second-order valence-corrected chi connectivity index (χ2v) is 9.91. The van der Waals surface area contributed by atoms with Crippen LogP contribution < -0.4 is 9.64 Å². The van der Waals surface area contributed by atoms with Gasteiger partial charge in [-0.1, -0.05) is 29.0 Å². The predicted octanol–water partition coefficient (Wildman–Crippen LogP) is 5.70. The van der Waals surface area contributed by atoms with Gasteiger partial charge in [0.15, 0.2) is 5.13 Å². The molecule has 1 aliphatic rings. The lowest BCUT2D eigenvalue weighted by molar-refractivity contribution is -0.119. The van der Waals surface area contributed by atoms with Crippen LogP contribution in [0.5, 0.6) is 5.75 Å². The van der Waals surface area contributed by atoms with Crippen LogP contribution in [0.3, 0.4) is 0 Å². The summed E-state index contributed by atoms with van der Waals surface area (Å²) in [5.74, 6) is 1.81. The van der Waals surface area contributed by atoms with Crippen LogP contribution in [0.25, 0.3) is 10.2 Å². The van der Waals surface area contributed by atoms with Gasteiger partial charge >= 0.3 is 0 Å². The maximum absolute atomic E-state index is 13.2. The summed E-state index contributed by atoms with van der Waals surface area (Å²) in [6.07, 6.45) is 3.47. The molecule has 0 bridgehead atoms. The number of nitrogens with zero attached hydrogens (tertiary/aromatic N) is 2. The Balaban J connectivity index is 1.42. The van der Waals surface area contributed by atoms with Crippen LogP contribution in [-0.2, 0) is 9.53 Å². The standard InChI is InChI=1S/C24H28N2O3S2/c1-17-7-10-20(11-8-17)30-14-4-6-23(27)26(16-19-5-3-13-29-19)24-25-21-15-18(28-2)9-12-22(21)31-24/h7-12,15,19H,3-6,13-14,16H2,1-2H3. The van der Waals surface area contributed by atoms with Crippen molar-refractivity contribution in [2.45, 2.75) is 43.6 Å². The molecule has 0 radical (unpaired) electrons. The van der Waals surface area contributed by atoms with Crippen LogP contribution in [0.15, 0.2) is 47.4 Å². The Morgan fingerprint density at radius 2 is 2.13 bits per heavy atom. The Morgan fingerprint density at radius 1 is 1.29 bits per heavy atom. The Kier molecular flexibility index (Phi) is 7.48. The lowest BCUT2D eigenvalue weighted by Crippen LogP contribution is -2.37. The van der Waals surface area contributed by atoms with Gasteiger partial charge in [-0.15, -0.1) is 11.8 Å². The number of ether oxygens (including phenoxy) is 2. The van der Waals surface area contributed by atoms with E-state index in [-0.39, 0.29) is 12.0 Å². The maximum atomic E-state index is 13.2. The monoisotopic (exact) mass is 456 g/mol. The number of hydrogen-bond donors (Lipinski definition) is 0. The van der Waals surface area contributed by atoms with Crippen molar-refractivity contribution in [3.8, 4) is 5.75 Å². The fraction of sp³-hybridized carbons (Fsp3) is 0.417. The minimum atomic E-state index is 0.0902. The summed E-state index contributed by atoms with van der Waals surface area (Å²) in [7, 11) is 1.65. The number of fused-ring (bicyclic) bond motifs is 1. The summed E-state index contributed by atoms with van der Waals surface area (Å²) in [5.41, 5.74) is 2.12. The van der Waals surface area contributed by atoms with Crippen LogP contribution in [0, 0.1) is 6.92 Å². The van der Waals surface area contributed by atoms with Crippen molar-refractivity contribution in [2.24, 2.45) is 0 Å². The van der Waals surface area contributed by atoms with Crippen LogP contribution in [0.4, 0.5) is 5.13 Å². The smallest absolute Gasteiger partial charge is 0.228 e. The molecular formula is C24H28N2O3S2. The van der Waals surface area contributed by atoms with E-state index in [9.17, 15) is 4.79 Å². The van der Waals surface area contributed by atoms with E-state index in [0.29, 0.717) is 13.0 Å². The quantitative estimate of drug-likeness (QED) is 0.305. The molecule has 1 aromatic heterocycles. The van der Waals surface area contributed by atoms with Gasteiger partial charge in [-0.25, -0.2) is 4.98 Å². The fourth-order valence-electron chi connectivity index (χ4n) is 3.60. The molecular weight excluding hydrogens is 428 g/mol. The first-order valence-corrected chi connectivity index (χ1v) is 12.5. The highest BCUT2D eigenvalue weighted by molar-refractivity contribution is 7.99. The Bertz CT molecular complexity index is 1010. The normalized spacial score (nSPS) is 16.0. The van der Waals surface area contributed by atoms with Gasteiger partial charge in [0.25, 0.3) is 0 Å². The number of carbonyl (C=O) groups is 1. The third-order valence-corrected chi connectivity index (χ3v) is 7.51. The third kappa shape index (κ3) is 5.79. The molecule has 1 aliphatic heterocycles. The number of aromatic nitrogens is 1. The van der Waals surface area contributed by atoms with E-state index in [2.05, 4.69) is 31.2 Å². The number of anilines is 1. The summed E-state index contributed by atoms with van der Waals surface area (Å²) >= 11 is 3.35. The maximum Gasteiger partial charge on any atom is 0.228 e. The van der Waals surface area contributed by atoms with Crippen LogP contribution in [-0.4, -0.2) is 43.0 Å². The molecule has 1 fully saturated rings. The molecule has 4 rings (SSSR count). The summed E-state index contributed by atoms with van der Waals surface area (Å²) < 4.78 is 12.2. The fourth-order valence-corrected chi connectivity index (χ4v) is 5.42. The average molecular weight is 457 g/mol. The topological polar surface area (TPSA) is 51.7 Å². The van der Waals surface area contributed by atoms with Crippen molar-refractivity contribution in [3.05, 3.63) is 48.0 Å². The van der Waals surface area contributed by atoms with E-state index in [1.54, 1.807) is 30.2 Å². The lowest BCUT2D eigenvalue weighted by atomic mass is 10.2. The van der Waals surface area contributed by atoms with Gasteiger partial charge in [-0.2, -0.15) is 0 Å². The van der Waals surface area contributed by atoms with E-state index < -0.39 is 0 Å². The molecule has 0 aliphatic carbocycles. The lowest BCUT2D eigenvalue weighted by Gasteiger charge is -2.23. The molecule has 0 saturated carbocycles. The van der Waals surface area contributed by atoms with Crippen molar-refractivity contribution in [1.29, 1.82) is 0 Å². The second kappa shape index (κ2) is 10.5. The van der Waals surface area contributed by atoms with E-state index >= 15 is 0 Å². The first kappa shape index (κ1) is 22.1. The number of thioether (sulfide) groups is 1. The van der Waals surface area contributed by atoms with Gasteiger partial charge in [0, 0.05) is 24.0 Å². The zero-order valence-corrected chi connectivity index (χ0v) is 19.6. The van der Waals surface area contributed by atoms with Crippen molar-refractivity contribution in [2.75, 3.05) is 30.9 Å². The van der Waals surface area contributed by atoms with Crippen LogP contribution in [0.2, 0.25) is 0 Å². The number of carbonyl (C=O) groups excluding carboxylic acids is 1. The van der Waals surface area contributed by atoms with Crippen molar-refractivity contribution < 1.29 is 14.3 Å². The largest absolute Gasteiger partial charge is 0.497 e. The van der Waals surface area contributed by atoms with Crippen molar-refractivity contribution >= 4 is 44.4 Å². The van der Waals surface area contributed by atoms with E-state index in [1.807, 2.05) is 23.1 Å². The Morgan fingerprint density at radius 3 is 2.87 bits per heavy atom. The molecule has 164 valence electrons. The Hall–Kier alpha value is -2.09. The summed E-state index contributed by atoms with van der Waals surface area (Å²) in [6.45, 7) is 3.44. The first-order chi connectivity index (χ1) is 15.1. The molecule has 31 heavy (non-hydrogen) atoms. The third-order valence-electron chi connectivity index (χ3n) is 5.35. The molecule has 3 aromatic rings. The molecule has 1 saturated heterocycles. The Labute approximate surface area is 191 Å². The molecule has 7 heteroatoms. The summed E-state index contributed by atoms with van der Waals surface area (Å²) in [5, 5.41) is 0.745. The number of rotatable bonds is 9. The van der Waals surface area contributed by atoms with Gasteiger partial charge in [0.05, 0.1) is 30.0 Å².